The molecule has 2 aromatic rings. The van der Waals surface area contributed by atoms with Gasteiger partial charge in [0, 0.05) is 23.9 Å². The Morgan fingerprint density at radius 2 is 1.85 bits per heavy atom. The molecule has 1 saturated carbocycles. The third-order valence-electron chi connectivity index (χ3n) is 7.07. The van der Waals surface area contributed by atoms with E-state index in [1.165, 1.54) is 16.0 Å². The summed E-state index contributed by atoms with van der Waals surface area (Å²) in [6.07, 6.45) is 6.68. The molecule has 2 amide bonds. The highest BCUT2D eigenvalue weighted by molar-refractivity contribution is 7.10. The molecule has 0 radical (unpaired) electrons. The summed E-state index contributed by atoms with van der Waals surface area (Å²) in [5.41, 5.74) is 3.72. The van der Waals surface area contributed by atoms with E-state index in [-0.39, 0.29) is 35.7 Å². The quantitative estimate of drug-likeness (QED) is 0.513. The number of hydrogen-bond donors (Lipinski definition) is 0. The van der Waals surface area contributed by atoms with Crippen LogP contribution in [-0.2, 0) is 21.4 Å². The van der Waals surface area contributed by atoms with E-state index in [0.29, 0.717) is 13.1 Å². The highest BCUT2D eigenvalue weighted by Crippen LogP contribution is 2.38. The van der Waals surface area contributed by atoms with Crippen molar-refractivity contribution in [1.29, 1.82) is 0 Å². The molecule has 0 N–H and O–H groups in total. The molecule has 1 fully saturated rings. The van der Waals surface area contributed by atoms with Crippen molar-refractivity contribution in [2.24, 2.45) is 5.92 Å². The molecule has 0 bridgehead atoms. The molecule has 33 heavy (non-hydrogen) atoms. The second-order valence-corrected chi connectivity index (χ2v) is 11.4. The number of nitrogens with zero attached hydrogens (tertiary/aromatic N) is 2. The van der Waals surface area contributed by atoms with Crippen LogP contribution in [0.1, 0.15) is 74.1 Å². The van der Waals surface area contributed by atoms with Crippen molar-refractivity contribution in [2.75, 3.05) is 19.6 Å². The van der Waals surface area contributed by atoms with Gasteiger partial charge in [-0.25, -0.2) is 0 Å². The minimum Gasteiger partial charge on any atom is -0.330 e. The van der Waals surface area contributed by atoms with E-state index in [1.807, 2.05) is 4.90 Å². The summed E-state index contributed by atoms with van der Waals surface area (Å²) in [6.45, 7) is 11.7. The van der Waals surface area contributed by atoms with Gasteiger partial charge in [0.2, 0.25) is 11.8 Å². The standard InChI is InChI=1S/C28H36N2O2S/c1-5-16-29(27(32)21-8-6-7-9-21)19-25(31)30-17-14-24-23(15-18-33-24)26(30)20-10-12-22(13-11-20)28(2,3)4/h5,10-13,15,18,21,26H,1,6-9,14,16-17,19H2,2-4H3. The van der Waals surface area contributed by atoms with E-state index in [1.54, 1.807) is 22.3 Å². The lowest BCUT2D eigenvalue weighted by Gasteiger charge is -2.38. The third-order valence-corrected chi connectivity index (χ3v) is 8.07. The molecular weight excluding hydrogens is 428 g/mol. The zero-order valence-corrected chi connectivity index (χ0v) is 21.0. The zero-order valence-electron chi connectivity index (χ0n) is 20.2. The number of hydrogen-bond acceptors (Lipinski definition) is 3. The van der Waals surface area contributed by atoms with Crippen LogP contribution in [0.4, 0.5) is 0 Å². The molecule has 5 heteroatoms. The van der Waals surface area contributed by atoms with Crippen molar-refractivity contribution >= 4 is 23.2 Å². The van der Waals surface area contributed by atoms with Gasteiger partial charge in [-0.2, -0.15) is 0 Å². The topological polar surface area (TPSA) is 40.6 Å². The number of fused-ring (bicyclic) bond motifs is 1. The second-order valence-electron chi connectivity index (χ2n) is 10.4. The summed E-state index contributed by atoms with van der Waals surface area (Å²) >= 11 is 1.77. The first-order valence-corrected chi connectivity index (χ1v) is 13.0. The average molecular weight is 465 g/mol. The molecule has 0 saturated heterocycles. The molecule has 2 heterocycles. The number of benzene rings is 1. The lowest BCUT2D eigenvalue weighted by atomic mass is 9.85. The van der Waals surface area contributed by atoms with Crippen LogP contribution in [0.25, 0.3) is 0 Å². The lowest BCUT2D eigenvalue weighted by molar-refractivity contribution is -0.143. The van der Waals surface area contributed by atoms with Crippen LogP contribution >= 0.6 is 11.3 Å². The molecule has 4 rings (SSSR count). The molecule has 0 spiro atoms. The summed E-state index contributed by atoms with van der Waals surface area (Å²) < 4.78 is 0. The van der Waals surface area contributed by atoms with Gasteiger partial charge in [-0.05, 0) is 52.8 Å². The fraction of sp³-hybridized carbons (Fsp3) is 0.500. The molecule has 1 aromatic heterocycles. The van der Waals surface area contributed by atoms with Crippen molar-refractivity contribution in [1.82, 2.24) is 9.80 Å². The normalized spacial score (nSPS) is 18.8. The Kier molecular flexibility index (Phi) is 7.08. The van der Waals surface area contributed by atoms with E-state index in [4.69, 9.17) is 0 Å². The van der Waals surface area contributed by atoms with Crippen LogP contribution in [0.15, 0.2) is 48.4 Å². The SMILES string of the molecule is C=CCN(CC(=O)N1CCc2sccc2C1c1ccc(C(C)(C)C)cc1)C(=O)C1CCCC1. The Labute approximate surface area is 202 Å². The lowest BCUT2D eigenvalue weighted by Crippen LogP contribution is -2.47. The fourth-order valence-corrected chi connectivity index (χ4v) is 6.09. The van der Waals surface area contributed by atoms with Gasteiger partial charge in [-0.3, -0.25) is 9.59 Å². The first-order valence-electron chi connectivity index (χ1n) is 12.2. The smallest absolute Gasteiger partial charge is 0.243 e. The molecule has 4 nitrogen and oxygen atoms in total. The van der Waals surface area contributed by atoms with E-state index in [9.17, 15) is 9.59 Å². The summed E-state index contributed by atoms with van der Waals surface area (Å²) in [6, 6.07) is 10.8. The Morgan fingerprint density at radius 1 is 1.15 bits per heavy atom. The fourth-order valence-electron chi connectivity index (χ4n) is 5.18. The van der Waals surface area contributed by atoms with E-state index < -0.39 is 0 Å². The maximum atomic E-state index is 13.6. The van der Waals surface area contributed by atoms with Crippen LogP contribution in [0, 0.1) is 5.92 Å². The Hall–Kier alpha value is -2.40. The van der Waals surface area contributed by atoms with Gasteiger partial charge >= 0.3 is 0 Å². The number of thiophene rings is 1. The van der Waals surface area contributed by atoms with Crippen molar-refractivity contribution in [2.45, 2.75) is 64.3 Å². The molecule has 1 aliphatic carbocycles. The number of rotatable bonds is 6. The van der Waals surface area contributed by atoms with Gasteiger partial charge in [0.05, 0.1) is 6.04 Å². The highest BCUT2D eigenvalue weighted by Gasteiger charge is 2.35. The van der Waals surface area contributed by atoms with Gasteiger partial charge in [0.15, 0.2) is 0 Å². The minimum absolute atomic E-state index is 0.0185. The predicted octanol–water partition coefficient (Wildman–Crippen LogP) is 5.72. The zero-order chi connectivity index (χ0) is 23.6. The maximum Gasteiger partial charge on any atom is 0.243 e. The van der Waals surface area contributed by atoms with Gasteiger partial charge < -0.3 is 9.80 Å². The van der Waals surface area contributed by atoms with E-state index in [0.717, 1.165) is 37.7 Å². The molecule has 1 aliphatic heterocycles. The number of amides is 2. The average Bonchev–Trinajstić information content (AvgIpc) is 3.49. The summed E-state index contributed by atoms with van der Waals surface area (Å²) in [7, 11) is 0. The van der Waals surface area contributed by atoms with Crippen molar-refractivity contribution in [3.8, 4) is 0 Å². The van der Waals surface area contributed by atoms with Crippen LogP contribution in [0.3, 0.4) is 0 Å². The van der Waals surface area contributed by atoms with Crippen LogP contribution in [-0.4, -0.2) is 41.2 Å². The van der Waals surface area contributed by atoms with Crippen molar-refractivity contribution in [3.05, 3.63) is 69.9 Å². The third kappa shape index (κ3) is 5.08. The summed E-state index contributed by atoms with van der Waals surface area (Å²) in [5.74, 6) is 0.188. The number of carbonyl (C=O) groups is 2. The van der Waals surface area contributed by atoms with Gasteiger partial charge in [0.25, 0.3) is 0 Å². The van der Waals surface area contributed by atoms with E-state index in [2.05, 4.69) is 63.1 Å². The Bertz CT molecular complexity index is 996. The van der Waals surface area contributed by atoms with Crippen molar-refractivity contribution in [3.63, 3.8) is 0 Å². The molecule has 1 atom stereocenters. The minimum atomic E-state index is -0.103. The molecule has 1 unspecified atom stereocenters. The molecule has 2 aliphatic rings. The summed E-state index contributed by atoms with van der Waals surface area (Å²) in [4.78, 5) is 31.8. The van der Waals surface area contributed by atoms with Gasteiger partial charge in [-0.15, -0.1) is 17.9 Å². The Balaban J connectivity index is 1.60. The molecule has 176 valence electrons. The van der Waals surface area contributed by atoms with Crippen LogP contribution < -0.4 is 0 Å². The first-order chi connectivity index (χ1) is 15.8. The molecular formula is C28H36N2O2S. The van der Waals surface area contributed by atoms with Crippen molar-refractivity contribution < 1.29 is 9.59 Å². The maximum absolute atomic E-state index is 13.6. The summed E-state index contributed by atoms with van der Waals surface area (Å²) in [5, 5.41) is 2.13. The first kappa shape index (κ1) is 23.7. The number of carbonyl (C=O) groups excluding carboxylic acids is 2. The largest absolute Gasteiger partial charge is 0.330 e. The van der Waals surface area contributed by atoms with E-state index >= 15 is 0 Å². The highest BCUT2D eigenvalue weighted by atomic mass is 32.1. The Morgan fingerprint density at radius 3 is 2.48 bits per heavy atom. The predicted molar refractivity (Wildman–Crippen MR) is 135 cm³/mol. The van der Waals surface area contributed by atoms with Crippen LogP contribution in [0.5, 0.6) is 0 Å². The van der Waals surface area contributed by atoms with Gasteiger partial charge in [-0.1, -0.05) is 64.0 Å². The van der Waals surface area contributed by atoms with Gasteiger partial charge in [0.1, 0.15) is 6.54 Å². The van der Waals surface area contributed by atoms with Crippen LogP contribution in [0.2, 0.25) is 0 Å². The molecule has 1 aromatic carbocycles. The second kappa shape index (κ2) is 9.84. The monoisotopic (exact) mass is 464 g/mol.